The van der Waals surface area contributed by atoms with Crippen molar-refractivity contribution in [3.8, 4) is 11.5 Å². The molecule has 0 saturated carbocycles. The van der Waals surface area contributed by atoms with Crippen LogP contribution in [-0.4, -0.2) is 38.9 Å². The summed E-state index contributed by atoms with van der Waals surface area (Å²) in [7, 11) is -3.68. The Hall–Kier alpha value is -2.97. The van der Waals surface area contributed by atoms with Crippen LogP contribution >= 0.6 is 11.8 Å². The molecule has 1 amide bonds. The van der Waals surface area contributed by atoms with Crippen LogP contribution in [0.15, 0.2) is 89.8 Å². The fourth-order valence-electron chi connectivity index (χ4n) is 3.10. The highest BCUT2D eigenvalue weighted by Gasteiger charge is 2.28. The van der Waals surface area contributed by atoms with Gasteiger partial charge in [0.25, 0.3) is 0 Å². The van der Waals surface area contributed by atoms with E-state index in [4.69, 9.17) is 4.74 Å². The van der Waals surface area contributed by atoms with Crippen LogP contribution in [-0.2, 0) is 14.8 Å². The molecule has 0 aromatic heterocycles. The van der Waals surface area contributed by atoms with Crippen molar-refractivity contribution in [2.45, 2.75) is 17.9 Å². The predicted molar refractivity (Wildman–Crippen MR) is 130 cm³/mol. The number of para-hydroxylation sites is 1. The third kappa shape index (κ3) is 6.77. The van der Waals surface area contributed by atoms with Crippen molar-refractivity contribution in [1.82, 2.24) is 5.32 Å². The highest BCUT2D eigenvalue weighted by atomic mass is 32.2. The van der Waals surface area contributed by atoms with Gasteiger partial charge in [0, 0.05) is 17.2 Å². The Morgan fingerprint density at radius 3 is 2.09 bits per heavy atom. The molecule has 0 aliphatic carbocycles. The molecular formula is C24H26N2O4S2. The van der Waals surface area contributed by atoms with Crippen molar-refractivity contribution < 1.29 is 17.9 Å². The Morgan fingerprint density at radius 2 is 1.50 bits per heavy atom. The molecule has 0 heterocycles. The molecule has 0 unspecified atom stereocenters. The van der Waals surface area contributed by atoms with Gasteiger partial charge in [-0.25, -0.2) is 8.42 Å². The van der Waals surface area contributed by atoms with Gasteiger partial charge in [0.1, 0.15) is 17.5 Å². The standard InChI is InChI=1S/C24H26N2O4S2/c1-19(24(27)25-17-18-31-23-11-7-4-8-12-23)26(32(2,28)29)20-13-15-22(16-14-20)30-21-9-5-3-6-10-21/h3-16,19H,17-18H2,1-2H3,(H,25,27)/t19-/m0/s1. The van der Waals surface area contributed by atoms with Gasteiger partial charge in [-0.15, -0.1) is 11.8 Å². The molecule has 0 spiro atoms. The monoisotopic (exact) mass is 470 g/mol. The van der Waals surface area contributed by atoms with E-state index in [0.717, 1.165) is 15.5 Å². The molecule has 1 N–H and O–H groups in total. The number of ether oxygens (including phenoxy) is 1. The molecule has 1 atom stereocenters. The first kappa shape index (κ1) is 23.7. The molecule has 168 valence electrons. The van der Waals surface area contributed by atoms with Crippen LogP contribution in [0.2, 0.25) is 0 Å². The summed E-state index contributed by atoms with van der Waals surface area (Å²) < 4.78 is 31.8. The number of benzene rings is 3. The second-order valence-corrected chi connectivity index (χ2v) is 10.1. The fraction of sp³-hybridized carbons (Fsp3) is 0.208. The second kappa shape index (κ2) is 11.1. The summed E-state index contributed by atoms with van der Waals surface area (Å²) in [5.41, 5.74) is 0.397. The van der Waals surface area contributed by atoms with E-state index in [-0.39, 0.29) is 5.91 Å². The Labute approximate surface area is 193 Å². The Morgan fingerprint density at radius 1 is 0.938 bits per heavy atom. The van der Waals surface area contributed by atoms with Crippen LogP contribution in [0.25, 0.3) is 0 Å². The summed E-state index contributed by atoms with van der Waals surface area (Å²) in [5, 5.41) is 2.83. The summed E-state index contributed by atoms with van der Waals surface area (Å²) in [6, 6.07) is 24.9. The predicted octanol–water partition coefficient (Wildman–Crippen LogP) is 4.54. The van der Waals surface area contributed by atoms with Gasteiger partial charge in [0.2, 0.25) is 15.9 Å². The van der Waals surface area contributed by atoms with E-state index in [2.05, 4.69) is 5.32 Å². The van der Waals surface area contributed by atoms with Gasteiger partial charge in [0.15, 0.2) is 0 Å². The summed E-state index contributed by atoms with van der Waals surface area (Å²) >= 11 is 1.63. The molecule has 3 aromatic rings. The normalized spacial score (nSPS) is 12.1. The van der Waals surface area contributed by atoms with Gasteiger partial charge in [-0.05, 0) is 55.5 Å². The summed E-state index contributed by atoms with van der Waals surface area (Å²) in [5.74, 6) is 1.59. The molecule has 0 aliphatic heterocycles. The van der Waals surface area contributed by atoms with Crippen molar-refractivity contribution in [1.29, 1.82) is 0 Å². The van der Waals surface area contributed by atoms with Crippen LogP contribution in [0.1, 0.15) is 6.92 Å². The maximum absolute atomic E-state index is 12.7. The molecule has 0 radical (unpaired) electrons. The minimum atomic E-state index is -3.68. The number of sulfonamides is 1. The van der Waals surface area contributed by atoms with Crippen LogP contribution in [0.5, 0.6) is 11.5 Å². The maximum atomic E-state index is 12.7. The van der Waals surface area contributed by atoms with E-state index in [0.29, 0.717) is 29.5 Å². The number of anilines is 1. The average Bonchev–Trinajstić information content (AvgIpc) is 2.78. The van der Waals surface area contributed by atoms with Crippen LogP contribution < -0.4 is 14.4 Å². The maximum Gasteiger partial charge on any atom is 0.243 e. The molecular weight excluding hydrogens is 444 g/mol. The zero-order chi connectivity index (χ0) is 23.0. The van der Waals surface area contributed by atoms with E-state index in [1.165, 1.54) is 0 Å². The van der Waals surface area contributed by atoms with Crippen LogP contribution in [0, 0.1) is 0 Å². The smallest absolute Gasteiger partial charge is 0.243 e. The van der Waals surface area contributed by atoms with Crippen molar-refractivity contribution in [2.75, 3.05) is 22.9 Å². The molecule has 3 aromatic carbocycles. The number of rotatable bonds is 10. The minimum absolute atomic E-state index is 0.353. The molecule has 6 nitrogen and oxygen atoms in total. The summed E-state index contributed by atoms with van der Waals surface area (Å²) in [6.45, 7) is 2.01. The van der Waals surface area contributed by atoms with Crippen molar-refractivity contribution >= 4 is 33.4 Å². The molecule has 8 heteroatoms. The van der Waals surface area contributed by atoms with Crippen molar-refractivity contribution in [2.24, 2.45) is 0 Å². The van der Waals surface area contributed by atoms with E-state index in [1.54, 1.807) is 43.0 Å². The Kier molecular flexibility index (Phi) is 8.19. The Bertz CT molecular complexity index is 1110. The van der Waals surface area contributed by atoms with E-state index in [9.17, 15) is 13.2 Å². The third-order valence-corrected chi connectivity index (χ3v) is 6.83. The lowest BCUT2D eigenvalue weighted by atomic mass is 10.2. The third-order valence-electron chi connectivity index (χ3n) is 4.57. The number of carbonyl (C=O) groups excluding carboxylic acids is 1. The largest absolute Gasteiger partial charge is 0.457 e. The average molecular weight is 471 g/mol. The highest BCUT2D eigenvalue weighted by Crippen LogP contribution is 2.27. The van der Waals surface area contributed by atoms with Crippen LogP contribution in [0.4, 0.5) is 5.69 Å². The number of nitrogens with one attached hydrogen (secondary N) is 1. The molecule has 32 heavy (non-hydrogen) atoms. The molecule has 0 saturated heterocycles. The zero-order valence-electron chi connectivity index (χ0n) is 18.0. The number of hydrogen-bond acceptors (Lipinski definition) is 5. The lowest BCUT2D eigenvalue weighted by molar-refractivity contribution is -0.121. The Balaban J connectivity index is 1.62. The SMILES string of the molecule is C[C@@H](C(=O)NCCSc1ccccc1)N(c1ccc(Oc2ccccc2)cc1)S(C)(=O)=O. The molecule has 0 aliphatic rings. The molecule has 3 rings (SSSR count). The summed E-state index contributed by atoms with van der Waals surface area (Å²) in [6.07, 6.45) is 1.09. The van der Waals surface area contributed by atoms with Gasteiger partial charge in [0.05, 0.1) is 11.9 Å². The zero-order valence-corrected chi connectivity index (χ0v) is 19.6. The number of hydrogen-bond donors (Lipinski definition) is 1. The number of carbonyl (C=O) groups is 1. The first-order valence-electron chi connectivity index (χ1n) is 10.1. The minimum Gasteiger partial charge on any atom is -0.457 e. The number of thioether (sulfide) groups is 1. The van der Waals surface area contributed by atoms with E-state index in [1.807, 2.05) is 60.7 Å². The van der Waals surface area contributed by atoms with E-state index >= 15 is 0 Å². The van der Waals surface area contributed by atoms with Crippen LogP contribution in [0.3, 0.4) is 0 Å². The topological polar surface area (TPSA) is 75.7 Å². The number of amides is 1. The quantitative estimate of drug-likeness (QED) is 0.348. The first-order valence-corrected chi connectivity index (χ1v) is 13.0. The fourth-order valence-corrected chi connectivity index (χ4v) is 5.07. The van der Waals surface area contributed by atoms with Gasteiger partial charge in [-0.1, -0.05) is 36.4 Å². The van der Waals surface area contributed by atoms with Gasteiger partial charge in [-0.3, -0.25) is 9.10 Å². The van der Waals surface area contributed by atoms with Gasteiger partial charge < -0.3 is 10.1 Å². The van der Waals surface area contributed by atoms with Gasteiger partial charge in [-0.2, -0.15) is 0 Å². The lowest BCUT2D eigenvalue weighted by Gasteiger charge is -2.28. The van der Waals surface area contributed by atoms with Crippen molar-refractivity contribution in [3.63, 3.8) is 0 Å². The van der Waals surface area contributed by atoms with Gasteiger partial charge >= 0.3 is 0 Å². The number of nitrogens with zero attached hydrogens (tertiary/aromatic N) is 1. The first-order chi connectivity index (χ1) is 15.3. The molecule has 0 bridgehead atoms. The summed E-state index contributed by atoms with van der Waals surface area (Å²) in [4.78, 5) is 13.8. The van der Waals surface area contributed by atoms with Crippen molar-refractivity contribution in [3.05, 3.63) is 84.9 Å². The lowest BCUT2D eigenvalue weighted by Crippen LogP contribution is -2.48. The molecule has 0 fully saturated rings. The highest BCUT2D eigenvalue weighted by molar-refractivity contribution is 7.99. The van der Waals surface area contributed by atoms with E-state index < -0.39 is 16.1 Å². The second-order valence-electron chi connectivity index (χ2n) is 7.10.